The van der Waals surface area contributed by atoms with Crippen molar-refractivity contribution in [3.63, 3.8) is 0 Å². The first-order chi connectivity index (χ1) is 14.6. The zero-order valence-electron chi connectivity index (χ0n) is 15.5. The lowest BCUT2D eigenvalue weighted by Crippen LogP contribution is -2.15. The summed E-state index contributed by atoms with van der Waals surface area (Å²) in [5.74, 6) is -0.0151. The van der Waals surface area contributed by atoms with Crippen LogP contribution in [0, 0.1) is 0 Å². The molecule has 0 bridgehead atoms. The largest absolute Gasteiger partial charge is 0.338 e. The molecule has 0 saturated heterocycles. The Hall–Kier alpha value is -3.36. The number of nitrogens with one attached hydrogen (secondary N) is 2. The summed E-state index contributed by atoms with van der Waals surface area (Å²) in [5.41, 5.74) is 2.51. The highest BCUT2D eigenvalue weighted by atomic mass is 35.5. The van der Waals surface area contributed by atoms with Gasteiger partial charge in [-0.05, 0) is 17.7 Å². The number of benzene rings is 2. The molecular formula is C21H15ClN4O3S. The standard InChI is InChI=1S/C21H15ClN4O3S/c22-15-8-6-14(7-9-15)17-10-18(27)26-21(24-17)30-12-19(28)25-20-16(11-23-29-20)13-4-2-1-3-5-13/h1-11H,12H2,(H,25,28)(H,24,26,27). The summed E-state index contributed by atoms with van der Waals surface area (Å²) in [6.45, 7) is 0. The van der Waals surface area contributed by atoms with Crippen LogP contribution in [0.4, 0.5) is 5.88 Å². The molecule has 2 N–H and O–H groups in total. The van der Waals surface area contributed by atoms with Gasteiger partial charge in [-0.15, -0.1) is 0 Å². The Kier molecular flexibility index (Phi) is 5.97. The quantitative estimate of drug-likeness (QED) is 0.340. The van der Waals surface area contributed by atoms with E-state index >= 15 is 0 Å². The molecule has 7 nitrogen and oxygen atoms in total. The molecule has 0 fully saturated rings. The fourth-order valence-electron chi connectivity index (χ4n) is 2.72. The average Bonchev–Trinajstić information content (AvgIpc) is 3.21. The molecule has 4 rings (SSSR count). The number of rotatable bonds is 6. The predicted molar refractivity (Wildman–Crippen MR) is 117 cm³/mol. The van der Waals surface area contributed by atoms with Gasteiger partial charge in [-0.1, -0.05) is 71.0 Å². The van der Waals surface area contributed by atoms with E-state index in [1.807, 2.05) is 30.3 Å². The molecule has 30 heavy (non-hydrogen) atoms. The van der Waals surface area contributed by atoms with Crippen molar-refractivity contribution in [1.82, 2.24) is 15.1 Å². The summed E-state index contributed by atoms with van der Waals surface area (Å²) in [4.78, 5) is 31.4. The molecule has 0 aliphatic rings. The van der Waals surface area contributed by atoms with Crippen LogP contribution >= 0.6 is 23.4 Å². The number of nitrogens with zero attached hydrogens (tertiary/aromatic N) is 2. The fourth-order valence-corrected chi connectivity index (χ4v) is 3.52. The van der Waals surface area contributed by atoms with Gasteiger partial charge in [0, 0.05) is 16.7 Å². The van der Waals surface area contributed by atoms with Crippen molar-refractivity contribution < 1.29 is 9.32 Å². The monoisotopic (exact) mass is 438 g/mol. The highest BCUT2D eigenvalue weighted by Gasteiger charge is 2.14. The van der Waals surface area contributed by atoms with E-state index in [0.717, 1.165) is 22.9 Å². The summed E-state index contributed by atoms with van der Waals surface area (Å²) in [6, 6.07) is 17.9. The van der Waals surface area contributed by atoms with Crippen LogP contribution in [0.2, 0.25) is 5.02 Å². The van der Waals surface area contributed by atoms with Gasteiger partial charge in [-0.3, -0.25) is 14.9 Å². The zero-order chi connectivity index (χ0) is 20.9. The molecule has 0 unspecified atom stereocenters. The second-order valence-corrected chi connectivity index (χ2v) is 7.61. The van der Waals surface area contributed by atoms with E-state index in [1.165, 1.54) is 6.07 Å². The number of aromatic amines is 1. The number of hydrogen-bond acceptors (Lipinski definition) is 6. The van der Waals surface area contributed by atoms with Gasteiger partial charge in [0.1, 0.15) is 0 Å². The van der Waals surface area contributed by atoms with Gasteiger partial charge >= 0.3 is 0 Å². The van der Waals surface area contributed by atoms with Gasteiger partial charge in [0.15, 0.2) is 5.16 Å². The second kappa shape index (κ2) is 8.98. The highest BCUT2D eigenvalue weighted by Crippen LogP contribution is 2.28. The lowest BCUT2D eigenvalue weighted by molar-refractivity contribution is -0.113. The Morgan fingerprint density at radius 3 is 2.63 bits per heavy atom. The smallest absolute Gasteiger partial charge is 0.252 e. The maximum Gasteiger partial charge on any atom is 0.252 e. The third-order valence-corrected chi connectivity index (χ3v) is 5.23. The summed E-state index contributed by atoms with van der Waals surface area (Å²) in [6.07, 6.45) is 1.55. The minimum Gasteiger partial charge on any atom is -0.338 e. The molecule has 0 saturated carbocycles. The number of hydrogen-bond donors (Lipinski definition) is 2. The molecule has 1 amide bonds. The van der Waals surface area contributed by atoms with Crippen LogP contribution in [0.1, 0.15) is 0 Å². The maximum absolute atomic E-state index is 12.4. The van der Waals surface area contributed by atoms with Crippen molar-refractivity contribution in [2.75, 3.05) is 11.1 Å². The van der Waals surface area contributed by atoms with Crippen molar-refractivity contribution in [2.45, 2.75) is 5.16 Å². The van der Waals surface area contributed by atoms with E-state index in [1.54, 1.807) is 30.5 Å². The Morgan fingerprint density at radius 2 is 1.87 bits per heavy atom. The highest BCUT2D eigenvalue weighted by molar-refractivity contribution is 7.99. The zero-order valence-corrected chi connectivity index (χ0v) is 17.0. The number of H-pyrrole nitrogens is 1. The van der Waals surface area contributed by atoms with E-state index in [4.69, 9.17) is 16.1 Å². The van der Waals surface area contributed by atoms with Crippen LogP contribution in [-0.2, 0) is 4.79 Å². The van der Waals surface area contributed by atoms with E-state index in [-0.39, 0.29) is 23.1 Å². The van der Waals surface area contributed by atoms with Crippen LogP contribution in [0.25, 0.3) is 22.4 Å². The number of carbonyl (C=O) groups excluding carboxylic acids is 1. The summed E-state index contributed by atoms with van der Waals surface area (Å²) in [7, 11) is 0. The molecule has 2 heterocycles. The first-order valence-corrected chi connectivity index (χ1v) is 10.2. The predicted octanol–water partition coefficient (Wildman–Crippen LogP) is 4.48. The molecule has 150 valence electrons. The Balaban J connectivity index is 1.44. The van der Waals surface area contributed by atoms with Crippen molar-refractivity contribution in [2.24, 2.45) is 0 Å². The SMILES string of the molecule is O=C(CSc1nc(-c2ccc(Cl)cc2)cc(=O)[nH]1)Nc1oncc1-c1ccccc1. The van der Waals surface area contributed by atoms with Crippen LogP contribution in [0.3, 0.4) is 0 Å². The molecule has 0 spiro atoms. The first kappa shape index (κ1) is 19.9. The van der Waals surface area contributed by atoms with Crippen molar-refractivity contribution in [1.29, 1.82) is 0 Å². The van der Waals surface area contributed by atoms with Crippen LogP contribution in [-0.4, -0.2) is 26.8 Å². The lowest BCUT2D eigenvalue weighted by atomic mass is 10.1. The van der Waals surface area contributed by atoms with Crippen LogP contribution in [0.5, 0.6) is 0 Å². The lowest BCUT2D eigenvalue weighted by Gasteiger charge is -2.06. The maximum atomic E-state index is 12.4. The molecule has 2 aromatic carbocycles. The minimum absolute atomic E-state index is 0.0297. The summed E-state index contributed by atoms with van der Waals surface area (Å²) in [5, 5.41) is 7.40. The molecule has 4 aromatic rings. The summed E-state index contributed by atoms with van der Waals surface area (Å²) < 4.78 is 5.17. The van der Waals surface area contributed by atoms with E-state index in [0.29, 0.717) is 21.4 Å². The number of thioether (sulfide) groups is 1. The molecule has 0 aliphatic carbocycles. The van der Waals surface area contributed by atoms with Gasteiger partial charge < -0.3 is 9.51 Å². The Labute approximate surface area is 180 Å². The molecule has 0 radical (unpaired) electrons. The van der Waals surface area contributed by atoms with Gasteiger partial charge in [0.05, 0.1) is 23.2 Å². The average molecular weight is 439 g/mol. The normalized spacial score (nSPS) is 10.7. The van der Waals surface area contributed by atoms with Gasteiger partial charge in [-0.25, -0.2) is 4.98 Å². The second-order valence-electron chi connectivity index (χ2n) is 6.21. The van der Waals surface area contributed by atoms with Crippen LogP contribution < -0.4 is 10.9 Å². The van der Waals surface area contributed by atoms with Gasteiger partial charge in [-0.2, -0.15) is 0 Å². The molecule has 9 heteroatoms. The van der Waals surface area contributed by atoms with Crippen molar-refractivity contribution in [3.05, 3.63) is 82.2 Å². The minimum atomic E-state index is -0.312. The molecular weight excluding hydrogens is 424 g/mol. The number of carbonyl (C=O) groups is 1. The number of aromatic nitrogens is 3. The topological polar surface area (TPSA) is 101 Å². The van der Waals surface area contributed by atoms with Gasteiger partial charge in [0.25, 0.3) is 5.56 Å². The number of amides is 1. The Morgan fingerprint density at radius 1 is 1.10 bits per heavy atom. The summed E-state index contributed by atoms with van der Waals surface area (Å²) >= 11 is 7.02. The van der Waals surface area contributed by atoms with Gasteiger partial charge in [0.2, 0.25) is 11.8 Å². The number of halogens is 1. The Bertz CT molecular complexity index is 1220. The van der Waals surface area contributed by atoms with E-state index < -0.39 is 0 Å². The third kappa shape index (κ3) is 4.79. The molecule has 0 aliphatic heterocycles. The first-order valence-electron chi connectivity index (χ1n) is 8.88. The fraction of sp³-hybridized carbons (Fsp3) is 0.0476. The van der Waals surface area contributed by atoms with E-state index in [9.17, 15) is 9.59 Å². The van der Waals surface area contributed by atoms with Crippen molar-refractivity contribution >= 4 is 35.2 Å². The van der Waals surface area contributed by atoms with Crippen molar-refractivity contribution in [3.8, 4) is 22.4 Å². The molecule has 0 atom stereocenters. The number of anilines is 1. The van der Waals surface area contributed by atoms with Crippen LogP contribution in [0.15, 0.2) is 81.3 Å². The third-order valence-electron chi connectivity index (χ3n) is 4.11. The van der Waals surface area contributed by atoms with E-state index in [2.05, 4.69) is 20.4 Å². The molecule has 2 aromatic heterocycles.